The minimum absolute atomic E-state index is 0.173. The molecule has 3 N–H and O–H groups in total. The third-order valence-electron chi connectivity index (χ3n) is 3.88. The normalized spacial score (nSPS) is 19.0. The zero-order valence-electron chi connectivity index (χ0n) is 13.8. The Labute approximate surface area is 136 Å². The van der Waals surface area contributed by atoms with Crippen LogP contribution < -0.4 is 5.32 Å². The van der Waals surface area contributed by atoms with E-state index in [-0.39, 0.29) is 18.4 Å². The average molecular weight is 326 g/mol. The second kappa shape index (κ2) is 9.14. The number of aromatic nitrogens is 2. The molecule has 8 nitrogen and oxygen atoms in total. The van der Waals surface area contributed by atoms with Crippen molar-refractivity contribution in [1.82, 2.24) is 19.8 Å². The second-order valence-electron chi connectivity index (χ2n) is 6.19. The van der Waals surface area contributed by atoms with Crippen LogP contribution in [0.4, 0.5) is 4.79 Å². The number of nitrogens with one attached hydrogen (secondary N) is 1. The van der Waals surface area contributed by atoms with E-state index in [2.05, 4.69) is 26.8 Å². The fourth-order valence-electron chi connectivity index (χ4n) is 2.83. The number of hydrogen-bond donors (Lipinski definition) is 3. The van der Waals surface area contributed by atoms with Gasteiger partial charge in [-0.3, -0.25) is 4.79 Å². The number of carboxylic acid groups (broad SMARTS) is 2. The summed E-state index contributed by atoms with van der Waals surface area (Å²) in [6, 6.07) is -0.250. The summed E-state index contributed by atoms with van der Waals surface area (Å²) in [6.07, 6.45) is 3.99. The molecule has 0 aliphatic carbocycles. The van der Waals surface area contributed by atoms with Gasteiger partial charge in [0.1, 0.15) is 0 Å². The molecule has 1 amide bonds. The van der Waals surface area contributed by atoms with E-state index in [1.807, 2.05) is 26.4 Å². The number of hydrogen-bond acceptors (Lipinski definition) is 4. The number of rotatable bonds is 5. The van der Waals surface area contributed by atoms with Crippen molar-refractivity contribution in [3.63, 3.8) is 0 Å². The molecule has 1 fully saturated rings. The molecule has 0 saturated carbocycles. The van der Waals surface area contributed by atoms with Crippen LogP contribution in [0.2, 0.25) is 0 Å². The van der Waals surface area contributed by atoms with Gasteiger partial charge in [-0.05, 0) is 31.8 Å². The highest BCUT2D eigenvalue weighted by Gasteiger charge is 2.22. The van der Waals surface area contributed by atoms with Crippen molar-refractivity contribution in [2.75, 3.05) is 20.1 Å². The second-order valence-corrected chi connectivity index (χ2v) is 6.19. The van der Waals surface area contributed by atoms with Crippen LogP contribution in [0.25, 0.3) is 0 Å². The summed E-state index contributed by atoms with van der Waals surface area (Å²) >= 11 is 0. The van der Waals surface area contributed by atoms with Crippen molar-refractivity contribution in [2.45, 2.75) is 32.9 Å². The predicted octanol–water partition coefficient (Wildman–Crippen LogP) is 1.50. The van der Waals surface area contributed by atoms with Gasteiger partial charge in [0.15, 0.2) is 0 Å². The first-order valence-electron chi connectivity index (χ1n) is 7.64. The molecule has 0 aromatic carbocycles. The number of nitrogens with zero attached hydrogens (tertiary/aromatic N) is 3. The van der Waals surface area contributed by atoms with E-state index in [4.69, 9.17) is 15.0 Å². The third kappa shape index (κ3) is 6.27. The van der Waals surface area contributed by atoms with E-state index in [0.29, 0.717) is 5.92 Å². The molecule has 1 saturated heterocycles. The Bertz CT molecular complexity index is 503. The van der Waals surface area contributed by atoms with Gasteiger partial charge in [-0.1, -0.05) is 13.8 Å². The monoisotopic (exact) mass is 326 g/mol. The maximum Gasteiger partial charge on any atom is 0.405 e. The van der Waals surface area contributed by atoms with Crippen LogP contribution in [0.5, 0.6) is 0 Å². The van der Waals surface area contributed by atoms with Crippen LogP contribution in [0.3, 0.4) is 0 Å². The Hall–Kier alpha value is -2.09. The summed E-state index contributed by atoms with van der Waals surface area (Å²) < 4.78 is 2.08. The number of imidazole rings is 1. The maximum atomic E-state index is 10.9. The zero-order valence-corrected chi connectivity index (χ0v) is 13.8. The van der Waals surface area contributed by atoms with Gasteiger partial charge in [0.25, 0.3) is 6.47 Å². The lowest BCUT2D eigenvalue weighted by Crippen LogP contribution is -2.30. The molecule has 1 aliphatic heterocycles. The Balaban J connectivity index is 0.000000816. The van der Waals surface area contributed by atoms with Gasteiger partial charge >= 0.3 is 6.09 Å². The van der Waals surface area contributed by atoms with Crippen molar-refractivity contribution in [2.24, 2.45) is 11.8 Å². The Morgan fingerprint density at radius 3 is 2.70 bits per heavy atom. The van der Waals surface area contributed by atoms with E-state index >= 15 is 0 Å². The van der Waals surface area contributed by atoms with Crippen LogP contribution in [-0.2, 0) is 11.3 Å². The van der Waals surface area contributed by atoms with Crippen molar-refractivity contribution in [3.8, 4) is 0 Å². The molecular formula is C15H26N4O4. The molecule has 1 aliphatic rings. The number of carbonyl (C=O) groups is 2. The van der Waals surface area contributed by atoms with E-state index in [9.17, 15) is 4.79 Å². The molecule has 2 atom stereocenters. The topological polar surface area (TPSA) is 108 Å². The molecule has 1 unspecified atom stereocenters. The lowest BCUT2D eigenvalue weighted by molar-refractivity contribution is -0.122. The van der Waals surface area contributed by atoms with Gasteiger partial charge in [-0.15, -0.1) is 0 Å². The van der Waals surface area contributed by atoms with Crippen molar-refractivity contribution in [1.29, 1.82) is 0 Å². The van der Waals surface area contributed by atoms with Gasteiger partial charge in [0.05, 0.1) is 18.1 Å². The van der Waals surface area contributed by atoms with Crippen LogP contribution in [0, 0.1) is 11.8 Å². The predicted molar refractivity (Wildman–Crippen MR) is 85.3 cm³/mol. The smallest absolute Gasteiger partial charge is 0.405 e. The van der Waals surface area contributed by atoms with E-state index < -0.39 is 6.09 Å². The summed E-state index contributed by atoms with van der Waals surface area (Å²) in [5.74, 6) is 0.832. The molecule has 1 aromatic rings. The minimum Gasteiger partial charge on any atom is -0.483 e. The molecule has 130 valence electrons. The highest BCUT2D eigenvalue weighted by molar-refractivity contribution is 5.65. The van der Waals surface area contributed by atoms with Crippen LogP contribution in [0.1, 0.15) is 32.0 Å². The first-order chi connectivity index (χ1) is 10.9. The van der Waals surface area contributed by atoms with Gasteiger partial charge in [0, 0.05) is 19.3 Å². The van der Waals surface area contributed by atoms with E-state index in [1.54, 1.807) is 0 Å². The van der Waals surface area contributed by atoms with Gasteiger partial charge in [0.2, 0.25) is 0 Å². The van der Waals surface area contributed by atoms with Crippen molar-refractivity contribution in [3.05, 3.63) is 18.2 Å². The van der Waals surface area contributed by atoms with Gasteiger partial charge in [-0.2, -0.15) is 0 Å². The van der Waals surface area contributed by atoms with Crippen molar-refractivity contribution < 1.29 is 19.8 Å². The quantitative estimate of drug-likeness (QED) is 0.708. The number of amides is 1. The summed E-state index contributed by atoms with van der Waals surface area (Å²) in [4.78, 5) is 25.9. The molecule has 8 heteroatoms. The molecule has 1 aromatic heterocycles. The zero-order chi connectivity index (χ0) is 17.4. The fraction of sp³-hybridized carbons (Fsp3) is 0.667. The third-order valence-corrected chi connectivity index (χ3v) is 3.88. The Morgan fingerprint density at radius 1 is 1.57 bits per heavy atom. The maximum absolute atomic E-state index is 10.9. The first-order valence-corrected chi connectivity index (χ1v) is 7.64. The summed E-state index contributed by atoms with van der Waals surface area (Å²) in [5, 5.41) is 18.3. The van der Waals surface area contributed by atoms with Gasteiger partial charge in [-0.25, -0.2) is 9.78 Å². The molecule has 0 radical (unpaired) electrons. The highest BCUT2D eigenvalue weighted by Crippen LogP contribution is 2.21. The Morgan fingerprint density at radius 2 is 2.22 bits per heavy atom. The van der Waals surface area contributed by atoms with Crippen LogP contribution >= 0.6 is 0 Å². The first kappa shape index (κ1) is 19.0. The largest absolute Gasteiger partial charge is 0.483 e. The summed E-state index contributed by atoms with van der Waals surface area (Å²) in [7, 11) is 2.14. The summed E-state index contributed by atoms with van der Waals surface area (Å²) in [5.41, 5.74) is 0.800. The molecule has 23 heavy (non-hydrogen) atoms. The Kier molecular flexibility index (Phi) is 7.53. The van der Waals surface area contributed by atoms with Crippen LogP contribution in [-0.4, -0.2) is 57.4 Å². The lowest BCUT2D eigenvalue weighted by Gasteiger charge is -2.18. The standard InChI is InChI=1S/C14H24N4O2.CH2O2/c1-10(2)13(16-14(19)20)12-8-18(9-15-12)7-11-4-5-17(3)6-11;2-1-3/h8-11,13,16H,4-7H2,1-3H3,(H,19,20);1H,(H,2,3)/t11-,13?;/m0./s1. The lowest BCUT2D eigenvalue weighted by atomic mass is 10.0. The van der Waals surface area contributed by atoms with E-state index in [1.165, 1.54) is 6.42 Å². The van der Waals surface area contributed by atoms with Crippen LogP contribution in [0.15, 0.2) is 12.5 Å². The fourth-order valence-corrected chi connectivity index (χ4v) is 2.83. The molecule has 0 bridgehead atoms. The highest BCUT2D eigenvalue weighted by atomic mass is 16.4. The van der Waals surface area contributed by atoms with Gasteiger partial charge < -0.3 is 25.0 Å². The SMILES string of the molecule is CC(C)C(NC(=O)O)c1cn(C[C@H]2CCN(C)C2)cn1.O=CO. The summed E-state index contributed by atoms with van der Waals surface area (Å²) in [6.45, 7) is 6.96. The number of likely N-dealkylation sites (tertiary alicyclic amines) is 1. The minimum atomic E-state index is -1.00. The van der Waals surface area contributed by atoms with Crippen molar-refractivity contribution >= 4 is 12.6 Å². The van der Waals surface area contributed by atoms with E-state index in [0.717, 1.165) is 25.3 Å². The molecule has 2 rings (SSSR count). The molecule has 0 spiro atoms. The molecular weight excluding hydrogens is 300 g/mol. The average Bonchev–Trinajstić information content (AvgIpc) is 3.06. The molecule has 2 heterocycles.